The highest BCUT2D eigenvalue weighted by atomic mass is 15.1. The smallest absolute Gasteiger partial charge is 0.00191 e. The molecule has 1 heterocycles. The Morgan fingerprint density at radius 1 is 1.19 bits per heavy atom. The number of hydrogen-bond donors (Lipinski definition) is 1. The number of nitrogens with zero attached hydrogens (tertiary/aromatic N) is 1. The van der Waals surface area contributed by atoms with E-state index in [1.807, 2.05) is 0 Å². The van der Waals surface area contributed by atoms with Gasteiger partial charge in [-0.15, -0.1) is 0 Å². The summed E-state index contributed by atoms with van der Waals surface area (Å²) in [5.74, 6) is 1.71. The second-order valence-electron chi connectivity index (χ2n) is 6.00. The largest absolute Gasteiger partial charge is 0.314 e. The van der Waals surface area contributed by atoms with Gasteiger partial charge in [-0.05, 0) is 50.7 Å². The average molecular weight is 226 g/mol. The van der Waals surface area contributed by atoms with E-state index in [0.717, 1.165) is 18.4 Å². The summed E-state index contributed by atoms with van der Waals surface area (Å²) in [5.41, 5.74) is 0. The summed E-state index contributed by atoms with van der Waals surface area (Å²) < 4.78 is 0. The van der Waals surface area contributed by atoms with E-state index in [0.29, 0.717) is 6.04 Å². The molecule has 0 spiro atoms. The first-order valence-corrected chi connectivity index (χ1v) is 7.03. The Morgan fingerprint density at radius 2 is 1.94 bits per heavy atom. The molecule has 1 saturated heterocycles. The van der Waals surface area contributed by atoms with Gasteiger partial charge >= 0.3 is 0 Å². The molecule has 0 saturated carbocycles. The van der Waals surface area contributed by atoms with E-state index < -0.39 is 0 Å². The number of hydrogen-bond acceptors (Lipinski definition) is 2. The second kappa shape index (κ2) is 7.29. The lowest BCUT2D eigenvalue weighted by molar-refractivity contribution is 0.239. The molecule has 1 aliphatic rings. The van der Waals surface area contributed by atoms with Crippen molar-refractivity contribution in [3.05, 3.63) is 0 Å². The van der Waals surface area contributed by atoms with Crippen molar-refractivity contribution in [2.24, 2.45) is 11.8 Å². The zero-order valence-corrected chi connectivity index (χ0v) is 11.6. The lowest BCUT2D eigenvalue weighted by atomic mass is 10.0. The molecule has 1 fully saturated rings. The number of rotatable bonds is 5. The van der Waals surface area contributed by atoms with Crippen LogP contribution in [-0.4, -0.2) is 37.1 Å². The van der Waals surface area contributed by atoms with Crippen LogP contribution < -0.4 is 5.32 Å². The third-order valence-electron chi connectivity index (χ3n) is 3.55. The summed E-state index contributed by atoms with van der Waals surface area (Å²) >= 11 is 0. The summed E-state index contributed by atoms with van der Waals surface area (Å²) in [6.45, 7) is 14.3. The topological polar surface area (TPSA) is 15.3 Å². The maximum absolute atomic E-state index is 3.53. The quantitative estimate of drug-likeness (QED) is 0.775. The highest BCUT2D eigenvalue weighted by Gasteiger charge is 2.15. The molecule has 2 unspecified atom stereocenters. The van der Waals surface area contributed by atoms with Crippen LogP contribution in [0, 0.1) is 11.8 Å². The molecule has 2 atom stereocenters. The van der Waals surface area contributed by atoms with Gasteiger partial charge in [-0.2, -0.15) is 0 Å². The molecule has 2 nitrogen and oxygen atoms in total. The van der Waals surface area contributed by atoms with Crippen LogP contribution in [0.3, 0.4) is 0 Å². The molecule has 16 heavy (non-hydrogen) atoms. The molecule has 0 radical (unpaired) electrons. The zero-order valence-electron chi connectivity index (χ0n) is 11.6. The van der Waals surface area contributed by atoms with Crippen LogP contribution >= 0.6 is 0 Å². The predicted octanol–water partition coefficient (Wildman–Crippen LogP) is 2.74. The van der Waals surface area contributed by atoms with Crippen molar-refractivity contribution in [1.29, 1.82) is 0 Å². The van der Waals surface area contributed by atoms with E-state index in [1.54, 1.807) is 0 Å². The highest BCUT2D eigenvalue weighted by molar-refractivity contribution is 4.71. The fourth-order valence-corrected chi connectivity index (χ4v) is 2.45. The molecule has 1 rings (SSSR count). The minimum Gasteiger partial charge on any atom is -0.314 e. The van der Waals surface area contributed by atoms with Gasteiger partial charge in [-0.3, -0.25) is 0 Å². The van der Waals surface area contributed by atoms with Crippen LogP contribution in [0.15, 0.2) is 0 Å². The Morgan fingerprint density at radius 3 is 2.62 bits per heavy atom. The predicted molar refractivity (Wildman–Crippen MR) is 71.8 cm³/mol. The Kier molecular flexibility index (Phi) is 6.37. The Balaban J connectivity index is 2.19. The molecule has 0 amide bonds. The van der Waals surface area contributed by atoms with E-state index in [1.165, 1.54) is 38.9 Å². The lowest BCUT2D eigenvalue weighted by Gasteiger charge is -2.24. The molecule has 0 aromatic rings. The molecule has 96 valence electrons. The van der Waals surface area contributed by atoms with Gasteiger partial charge < -0.3 is 10.2 Å². The summed E-state index contributed by atoms with van der Waals surface area (Å²) in [6.07, 6.45) is 4.21. The molecule has 2 heteroatoms. The fraction of sp³-hybridized carbons (Fsp3) is 1.00. The van der Waals surface area contributed by atoms with Crippen LogP contribution in [0.4, 0.5) is 0 Å². The summed E-state index contributed by atoms with van der Waals surface area (Å²) in [4.78, 5) is 2.66. The van der Waals surface area contributed by atoms with Crippen LogP contribution in [0.1, 0.15) is 47.0 Å². The van der Waals surface area contributed by atoms with Crippen LogP contribution in [0.25, 0.3) is 0 Å². The van der Waals surface area contributed by atoms with E-state index in [9.17, 15) is 0 Å². The number of likely N-dealkylation sites (tertiary alicyclic amines) is 1. The molecule has 0 bridgehead atoms. The van der Waals surface area contributed by atoms with Gasteiger partial charge in [0, 0.05) is 12.6 Å². The summed E-state index contributed by atoms with van der Waals surface area (Å²) in [7, 11) is 0. The monoisotopic (exact) mass is 226 g/mol. The fourth-order valence-electron chi connectivity index (χ4n) is 2.45. The van der Waals surface area contributed by atoms with E-state index >= 15 is 0 Å². The van der Waals surface area contributed by atoms with Gasteiger partial charge in [-0.25, -0.2) is 0 Å². The first-order chi connectivity index (χ1) is 7.58. The van der Waals surface area contributed by atoms with Crippen molar-refractivity contribution in [3.63, 3.8) is 0 Å². The van der Waals surface area contributed by atoms with E-state index in [4.69, 9.17) is 0 Å². The highest BCUT2D eigenvalue weighted by Crippen LogP contribution is 2.17. The molecule has 0 aromatic carbocycles. The SMILES string of the molecule is CC1CCCN(CC(C)CNC(C)C)CC1. The molecule has 1 N–H and O–H groups in total. The average Bonchev–Trinajstić information content (AvgIpc) is 2.41. The molecule has 0 aliphatic carbocycles. The Hall–Kier alpha value is -0.0800. The van der Waals surface area contributed by atoms with Crippen molar-refractivity contribution in [2.75, 3.05) is 26.2 Å². The van der Waals surface area contributed by atoms with Crippen LogP contribution in [0.5, 0.6) is 0 Å². The Bertz CT molecular complexity index is 180. The standard InChI is InChI=1S/C14H30N2/c1-12(2)15-10-14(4)11-16-8-5-6-13(3)7-9-16/h12-15H,5-11H2,1-4H3. The third kappa shape index (κ3) is 5.86. The first kappa shape index (κ1) is 14.0. The first-order valence-electron chi connectivity index (χ1n) is 7.03. The molecule has 1 aliphatic heterocycles. The third-order valence-corrected chi connectivity index (χ3v) is 3.55. The van der Waals surface area contributed by atoms with Crippen LogP contribution in [-0.2, 0) is 0 Å². The molecule has 0 aromatic heterocycles. The van der Waals surface area contributed by atoms with Gasteiger partial charge in [0.25, 0.3) is 0 Å². The van der Waals surface area contributed by atoms with Gasteiger partial charge in [0.05, 0.1) is 0 Å². The van der Waals surface area contributed by atoms with Crippen molar-refractivity contribution in [2.45, 2.75) is 53.0 Å². The van der Waals surface area contributed by atoms with Crippen LogP contribution in [0.2, 0.25) is 0 Å². The maximum atomic E-state index is 3.53. The van der Waals surface area contributed by atoms with Crippen molar-refractivity contribution < 1.29 is 0 Å². The normalized spacial score (nSPS) is 25.7. The zero-order chi connectivity index (χ0) is 12.0. The van der Waals surface area contributed by atoms with Gasteiger partial charge in [0.2, 0.25) is 0 Å². The molecular weight excluding hydrogens is 196 g/mol. The van der Waals surface area contributed by atoms with Crippen molar-refractivity contribution in [3.8, 4) is 0 Å². The van der Waals surface area contributed by atoms with E-state index in [-0.39, 0.29) is 0 Å². The number of nitrogens with one attached hydrogen (secondary N) is 1. The summed E-state index contributed by atoms with van der Waals surface area (Å²) in [6, 6.07) is 0.617. The second-order valence-corrected chi connectivity index (χ2v) is 6.00. The Labute approximate surface area is 102 Å². The maximum Gasteiger partial charge on any atom is 0.00191 e. The van der Waals surface area contributed by atoms with E-state index in [2.05, 4.69) is 37.9 Å². The summed E-state index contributed by atoms with van der Waals surface area (Å²) in [5, 5.41) is 3.53. The van der Waals surface area contributed by atoms with Gasteiger partial charge in [0.1, 0.15) is 0 Å². The van der Waals surface area contributed by atoms with Gasteiger partial charge in [-0.1, -0.05) is 27.7 Å². The minimum absolute atomic E-state index is 0.617. The van der Waals surface area contributed by atoms with Crippen molar-refractivity contribution >= 4 is 0 Å². The minimum atomic E-state index is 0.617. The molecular formula is C14H30N2. The van der Waals surface area contributed by atoms with Gasteiger partial charge in [0.15, 0.2) is 0 Å². The lowest BCUT2D eigenvalue weighted by Crippen LogP contribution is -2.36. The van der Waals surface area contributed by atoms with Crippen molar-refractivity contribution in [1.82, 2.24) is 10.2 Å².